The second-order valence-electron chi connectivity index (χ2n) is 17.6. The molecular weight excluding hydrogens is 992 g/mol. The van der Waals surface area contributed by atoms with Gasteiger partial charge in [0, 0.05) is 66.6 Å². The van der Waals surface area contributed by atoms with Crippen molar-refractivity contribution in [3.63, 3.8) is 0 Å². The van der Waals surface area contributed by atoms with Gasteiger partial charge in [-0.15, -0.1) is 5.10 Å². The van der Waals surface area contributed by atoms with Crippen LogP contribution in [0.15, 0.2) is 54.7 Å². The van der Waals surface area contributed by atoms with Crippen LogP contribution in [0.3, 0.4) is 0 Å². The summed E-state index contributed by atoms with van der Waals surface area (Å²) in [6.07, 6.45) is 8.20. The maximum atomic E-state index is 13.2. The maximum Gasteiger partial charge on any atom is 0.472 e. The minimum atomic E-state index is -4.78. The van der Waals surface area contributed by atoms with Crippen LogP contribution in [0, 0.1) is 0 Å². The number of ketones is 1. The summed E-state index contributed by atoms with van der Waals surface area (Å²) in [5.41, 5.74) is 7.09. The van der Waals surface area contributed by atoms with E-state index in [2.05, 4.69) is 36.1 Å². The standard InChI is InChI=1S/C48H67N8O15PS/c1-2-3-5-14-43(59)71-37(29-69-72(65,66)70-30-38(49)47(62)63)28-68-42(58)13-6-4-9-23-51-46(61)34-17-15-32(16-18-34)45(60)33-19-21-36(22-20-33)67-27-35-26-56(55-54-35)25-10-24-50-41(57)12-8-7-11-40-44-39(31-73-40)52-48(64)53-44/h15-22,26,37-40,44H,2-14,23-25,27-31,49H2,1H3,(H,50,57)(H,51,61)(H,62,63)(H,65,66)(H2,52,53,64)/t37-,38-,39-,40-,44-/m0/s1. The molecule has 23 nitrogen and oxygen atoms in total. The third-order valence-corrected chi connectivity index (χ3v) is 14.1. The molecule has 73 heavy (non-hydrogen) atoms. The number of benzene rings is 2. The number of amides is 4. The van der Waals surface area contributed by atoms with Gasteiger partial charge in [0.2, 0.25) is 5.91 Å². The molecular formula is C48H67N8O15PS. The number of esters is 2. The molecule has 2 aliphatic heterocycles. The summed E-state index contributed by atoms with van der Waals surface area (Å²) in [5.74, 6) is -1.78. The normalized spacial score (nSPS) is 17.5. The average molecular weight is 1060 g/mol. The predicted octanol–water partition coefficient (Wildman–Crippen LogP) is 4.19. The lowest BCUT2D eigenvalue weighted by molar-refractivity contribution is -0.161. The molecule has 2 saturated heterocycles. The van der Waals surface area contributed by atoms with Crippen LogP contribution in [0.1, 0.15) is 122 Å². The van der Waals surface area contributed by atoms with E-state index < -0.39 is 57.7 Å². The second kappa shape index (κ2) is 30.3. The van der Waals surface area contributed by atoms with E-state index in [4.69, 9.17) is 29.6 Å². The summed E-state index contributed by atoms with van der Waals surface area (Å²) in [6, 6.07) is 11.7. The molecule has 3 aromatic rings. The fourth-order valence-electron chi connectivity index (χ4n) is 7.62. The van der Waals surface area contributed by atoms with Crippen molar-refractivity contribution in [3.05, 3.63) is 77.1 Å². The maximum absolute atomic E-state index is 13.2. The van der Waals surface area contributed by atoms with Crippen molar-refractivity contribution < 1.29 is 71.4 Å². The zero-order chi connectivity index (χ0) is 52.6. The number of aryl methyl sites for hydroxylation is 1. The van der Waals surface area contributed by atoms with E-state index in [1.165, 1.54) is 0 Å². The smallest absolute Gasteiger partial charge is 0.472 e. The Labute approximate surface area is 427 Å². The number of fused-ring (bicyclic) bond motifs is 1. The Hall–Kier alpha value is -5.91. The van der Waals surface area contributed by atoms with E-state index in [0.717, 1.165) is 37.9 Å². The minimum Gasteiger partial charge on any atom is -0.487 e. The molecule has 4 amide bonds. The topological polar surface area (TPSA) is 328 Å². The highest BCUT2D eigenvalue weighted by Gasteiger charge is 2.42. The van der Waals surface area contributed by atoms with Crippen LogP contribution in [-0.2, 0) is 55.4 Å². The van der Waals surface area contributed by atoms with Gasteiger partial charge < -0.3 is 51.2 Å². The number of urea groups is 1. The number of carbonyl (C=O) groups excluding carboxylic acids is 6. The summed E-state index contributed by atoms with van der Waals surface area (Å²) in [4.78, 5) is 95.4. The number of carbonyl (C=O) groups is 7. The monoisotopic (exact) mass is 1060 g/mol. The van der Waals surface area contributed by atoms with Crippen molar-refractivity contribution in [2.45, 2.75) is 133 Å². The third kappa shape index (κ3) is 20.9. The van der Waals surface area contributed by atoms with Crippen LogP contribution < -0.4 is 31.7 Å². The lowest BCUT2D eigenvalue weighted by Gasteiger charge is -2.20. The molecule has 25 heteroatoms. The number of phosphoric acid groups is 1. The Morgan fingerprint density at radius 3 is 2.25 bits per heavy atom. The van der Waals surface area contributed by atoms with Gasteiger partial charge in [-0.1, -0.05) is 50.0 Å². The van der Waals surface area contributed by atoms with Gasteiger partial charge in [-0.2, -0.15) is 11.8 Å². The van der Waals surface area contributed by atoms with E-state index in [-0.39, 0.29) is 55.2 Å². The van der Waals surface area contributed by atoms with E-state index in [0.29, 0.717) is 91.5 Å². The number of nitrogens with zero attached hydrogens (tertiary/aromatic N) is 3. The first-order valence-electron chi connectivity index (χ1n) is 24.5. The van der Waals surface area contributed by atoms with Crippen LogP contribution in [0.2, 0.25) is 0 Å². The first-order chi connectivity index (χ1) is 35.1. The Kier molecular flexibility index (Phi) is 24.1. The highest BCUT2D eigenvalue weighted by atomic mass is 32.2. The number of hydrogen-bond acceptors (Lipinski definition) is 17. The van der Waals surface area contributed by atoms with Gasteiger partial charge in [0.05, 0.1) is 31.5 Å². The van der Waals surface area contributed by atoms with Crippen LogP contribution in [-0.4, -0.2) is 135 Å². The van der Waals surface area contributed by atoms with Crippen molar-refractivity contribution in [3.8, 4) is 5.75 Å². The fraction of sp³-hybridized carbons (Fsp3) is 0.562. The van der Waals surface area contributed by atoms with E-state index in [9.17, 15) is 43.0 Å². The van der Waals surface area contributed by atoms with Gasteiger partial charge in [0.25, 0.3) is 5.91 Å². The summed E-state index contributed by atoms with van der Waals surface area (Å²) in [7, 11) is -4.78. The molecule has 0 aliphatic carbocycles. The second-order valence-corrected chi connectivity index (χ2v) is 20.3. The SMILES string of the molecule is CCCCCC(=O)O[C@@H](COC(=O)CCCCCNC(=O)c1ccc(C(=O)c2ccc(OCc3cn(CCCNC(=O)CCCC[C@@H]4SC[C@@H]5NC(=O)N[C@@H]54)nn3)cc2)cc1)COP(=O)(O)OC[C@H](N)C(=O)O. The Balaban J connectivity index is 0.914. The Morgan fingerprint density at radius 1 is 0.836 bits per heavy atom. The highest BCUT2D eigenvalue weighted by Crippen LogP contribution is 2.43. The number of nitrogens with one attached hydrogen (secondary N) is 4. The number of aliphatic carboxylic acids is 1. The molecule has 8 N–H and O–H groups in total. The molecule has 2 aliphatic rings. The van der Waals surface area contributed by atoms with Crippen LogP contribution in [0.5, 0.6) is 5.75 Å². The zero-order valence-corrected chi connectivity index (χ0v) is 42.6. The molecule has 1 aromatic heterocycles. The average Bonchev–Trinajstić information content (AvgIpc) is 4.10. The number of thioether (sulfide) groups is 1. The van der Waals surface area contributed by atoms with E-state index >= 15 is 0 Å². The van der Waals surface area contributed by atoms with Crippen molar-refractivity contribution >= 4 is 61.1 Å². The summed E-state index contributed by atoms with van der Waals surface area (Å²) < 4.78 is 39.7. The van der Waals surface area contributed by atoms with Gasteiger partial charge in [-0.25, -0.2) is 9.36 Å². The highest BCUT2D eigenvalue weighted by molar-refractivity contribution is 8.00. The van der Waals surface area contributed by atoms with Gasteiger partial charge >= 0.3 is 31.8 Å². The number of carboxylic acids is 1. The van der Waals surface area contributed by atoms with Crippen molar-refractivity contribution in [1.82, 2.24) is 36.3 Å². The Morgan fingerprint density at radius 2 is 1.51 bits per heavy atom. The fourth-order valence-corrected chi connectivity index (χ4v) is 9.94. The number of unbranched alkanes of at least 4 members (excludes halogenated alkanes) is 5. The molecule has 5 rings (SSSR count). The number of phosphoric ester groups is 1. The first-order valence-corrected chi connectivity index (χ1v) is 27.1. The molecule has 0 bridgehead atoms. The van der Waals surface area contributed by atoms with E-state index in [1.807, 2.05) is 18.7 Å². The third-order valence-electron chi connectivity index (χ3n) is 11.7. The van der Waals surface area contributed by atoms with Crippen LogP contribution in [0.4, 0.5) is 4.79 Å². The summed E-state index contributed by atoms with van der Waals surface area (Å²) in [6.45, 7) is 1.58. The van der Waals surface area contributed by atoms with Gasteiger partial charge in [-0.3, -0.25) is 42.5 Å². The quantitative estimate of drug-likeness (QED) is 0.0143. The Bertz CT molecular complexity index is 2340. The van der Waals surface area contributed by atoms with Crippen molar-refractivity contribution in [2.24, 2.45) is 5.73 Å². The van der Waals surface area contributed by atoms with Crippen molar-refractivity contribution in [1.29, 1.82) is 0 Å². The number of ether oxygens (including phenoxy) is 3. The summed E-state index contributed by atoms with van der Waals surface area (Å²) >= 11 is 1.88. The number of nitrogens with two attached hydrogens (primary N) is 1. The largest absolute Gasteiger partial charge is 0.487 e. The lowest BCUT2D eigenvalue weighted by Crippen LogP contribution is -2.36. The minimum absolute atomic E-state index is 0.00798. The molecule has 6 atom stereocenters. The number of carboxylic acid groups (broad SMARTS) is 1. The molecule has 0 saturated carbocycles. The molecule has 0 spiro atoms. The number of aromatic nitrogens is 3. The van der Waals surface area contributed by atoms with Gasteiger partial charge in [-0.05, 0) is 74.9 Å². The summed E-state index contributed by atoms with van der Waals surface area (Å²) in [5, 5.41) is 29.3. The zero-order valence-electron chi connectivity index (χ0n) is 40.9. The molecule has 3 heterocycles. The predicted molar refractivity (Wildman–Crippen MR) is 265 cm³/mol. The molecule has 1 unspecified atom stereocenters. The van der Waals surface area contributed by atoms with Crippen LogP contribution in [0.25, 0.3) is 0 Å². The number of hydrogen-bond donors (Lipinski definition) is 7. The first kappa shape index (κ1) is 58.0. The number of rotatable bonds is 35. The van der Waals surface area contributed by atoms with Crippen LogP contribution >= 0.6 is 19.6 Å². The molecule has 2 aromatic carbocycles. The van der Waals surface area contributed by atoms with Gasteiger partial charge in [0.1, 0.15) is 30.7 Å². The molecule has 0 radical (unpaired) electrons. The van der Waals surface area contributed by atoms with Gasteiger partial charge in [0.15, 0.2) is 11.9 Å². The molecule has 2 fully saturated rings. The lowest BCUT2D eigenvalue weighted by atomic mass is 10.0. The van der Waals surface area contributed by atoms with E-state index in [1.54, 1.807) is 59.4 Å². The van der Waals surface area contributed by atoms with Crippen molar-refractivity contribution in [2.75, 3.05) is 38.7 Å². The molecule has 400 valence electrons.